The van der Waals surface area contributed by atoms with Crippen LogP contribution in [0.1, 0.15) is 60.7 Å². The van der Waals surface area contributed by atoms with Gasteiger partial charge in [-0.1, -0.05) is 6.07 Å². The van der Waals surface area contributed by atoms with E-state index in [-0.39, 0.29) is 18.3 Å². The molecule has 2 rings (SSSR count). The van der Waals surface area contributed by atoms with E-state index in [9.17, 15) is 14.4 Å². The number of carbonyl (C=O) groups is 3. The average molecular weight is 362 g/mol. The van der Waals surface area contributed by atoms with Gasteiger partial charge in [-0.05, 0) is 69.7 Å². The van der Waals surface area contributed by atoms with Crippen LogP contribution >= 0.6 is 0 Å². The van der Waals surface area contributed by atoms with E-state index in [4.69, 9.17) is 14.6 Å². The molecule has 6 heteroatoms. The van der Waals surface area contributed by atoms with Crippen LogP contribution in [0.3, 0.4) is 0 Å². The minimum Gasteiger partial charge on any atom is -0.481 e. The number of cyclic esters (lactones) is 1. The number of hydrogen-bond acceptors (Lipinski definition) is 5. The molecular weight excluding hydrogens is 336 g/mol. The summed E-state index contributed by atoms with van der Waals surface area (Å²) >= 11 is 0. The zero-order chi connectivity index (χ0) is 19.5. The Bertz CT molecular complexity index is 714. The molecule has 1 fully saturated rings. The first-order chi connectivity index (χ1) is 12.1. The minimum absolute atomic E-state index is 0.0409. The smallest absolute Gasteiger partial charge is 0.338 e. The highest BCUT2D eigenvalue weighted by atomic mass is 16.6. The highest BCUT2D eigenvalue weighted by molar-refractivity contribution is 5.92. The summed E-state index contributed by atoms with van der Waals surface area (Å²) in [7, 11) is 0. The van der Waals surface area contributed by atoms with Gasteiger partial charge in [0.25, 0.3) is 0 Å². The topological polar surface area (TPSA) is 89.9 Å². The second-order valence-corrected chi connectivity index (χ2v) is 7.63. The number of carboxylic acid groups (broad SMARTS) is 1. The molecule has 142 valence electrons. The fourth-order valence-electron chi connectivity index (χ4n) is 3.13. The van der Waals surface area contributed by atoms with Gasteiger partial charge in [-0.2, -0.15) is 0 Å². The van der Waals surface area contributed by atoms with Gasteiger partial charge in [-0.3, -0.25) is 9.59 Å². The predicted octanol–water partition coefficient (Wildman–Crippen LogP) is 3.07. The van der Waals surface area contributed by atoms with Gasteiger partial charge in [0.05, 0.1) is 18.1 Å². The first kappa shape index (κ1) is 19.9. The number of benzene rings is 1. The van der Waals surface area contributed by atoms with Gasteiger partial charge in [0.15, 0.2) is 0 Å². The second kappa shape index (κ2) is 7.89. The maximum Gasteiger partial charge on any atom is 0.338 e. The summed E-state index contributed by atoms with van der Waals surface area (Å²) in [6, 6.07) is 3.50. The highest BCUT2D eigenvalue weighted by Gasteiger charge is 2.28. The number of carboxylic acids is 1. The molecule has 1 N–H and O–H groups in total. The van der Waals surface area contributed by atoms with E-state index in [0.717, 1.165) is 11.1 Å². The van der Waals surface area contributed by atoms with Gasteiger partial charge in [0.2, 0.25) is 0 Å². The van der Waals surface area contributed by atoms with Gasteiger partial charge in [-0.15, -0.1) is 0 Å². The van der Waals surface area contributed by atoms with E-state index in [0.29, 0.717) is 37.0 Å². The largest absolute Gasteiger partial charge is 0.481 e. The summed E-state index contributed by atoms with van der Waals surface area (Å²) < 4.78 is 10.5. The molecule has 1 heterocycles. The van der Waals surface area contributed by atoms with Crippen LogP contribution < -0.4 is 0 Å². The number of ether oxygens (including phenoxy) is 2. The van der Waals surface area contributed by atoms with Crippen LogP contribution in [0.15, 0.2) is 12.1 Å². The molecule has 1 aromatic rings. The van der Waals surface area contributed by atoms with Crippen LogP contribution in [-0.2, 0) is 31.9 Å². The van der Waals surface area contributed by atoms with Crippen molar-refractivity contribution in [3.05, 3.63) is 34.4 Å². The van der Waals surface area contributed by atoms with Crippen molar-refractivity contribution < 1.29 is 29.0 Å². The Hall–Kier alpha value is -2.37. The summed E-state index contributed by atoms with van der Waals surface area (Å²) in [5, 5.41) is 9.05. The van der Waals surface area contributed by atoms with Crippen LogP contribution in [-0.4, -0.2) is 35.2 Å². The quantitative estimate of drug-likeness (QED) is 0.782. The van der Waals surface area contributed by atoms with Crippen LogP contribution in [0.5, 0.6) is 0 Å². The van der Waals surface area contributed by atoms with Crippen molar-refractivity contribution in [3.63, 3.8) is 0 Å². The Kier molecular flexibility index (Phi) is 6.05. The highest BCUT2D eigenvalue weighted by Crippen LogP contribution is 2.27. The lowest BCUT2D eigenvalue weighted by Crippen LogP contribution is -2.25. The molecule has 1 aliphatic rings. The van der Waals surface area contributed by atoms with E-state index in [2.05, 4.69) is 0 Å². The normalized spacial score (nSPS) is 17.1. The lowest BCUT2D eigenvalue weighted by Gasteiger charge is -2.22. The number of aliphatic carboxylic acids is 1. The molecule has 1 aromatic carbocycles. The number of esters is 2. The molecule has 1 unspecified atom stereocenters. The summed E-state index contributed by atoms with van der Waals surface area (Å²) in [5.74, 6) is -1.77. The Labute approximate surface area is 153 Å². The molecule has 0 amide bonds. The van der Waals surface area contributed by atoms with Crippen molar-refractivity contribution in [2.24, 2.45) is 5.92 Å². The molecule has 1 aliphatic heterocycles. The van der Waals surface area contributed by atoms with Gasteiger partial charge in [0.1, 0.15) is 5.60 Å². The Morgan fingerprint density at radius 1 is 1.31 bits per heavy atom. The van der Waals surface area contributed by atoms with E-state index in [1.54, 1.807) is 39.8 Å². The molecule has 0 spiro atoms. The molecule has 1 saturated heterocycles. The van der Waals surface area contributed by atoms with E-state index in [1.807, 2.05) is 0 Å². The van der Waals surface area contributed by atoms with Crippen LogP contribution in [0.4, 0.5) is 0 Å². The van der Waals surface area contributed by atoms with Crippen molar-refractivity contribution in [2.45, 2.75) is 59.0 Å². The predicted molar refractivity (Wildman–Crippen MR) is 95.1 cm³/mol. The van der Waals surface area contributed by atoms with Crippen LogP contribution in [0, 0.1) is 12.8 Å². The molecule has 6 nitrogen and oxygen atoms in total. The lowest BCUT2D eigenvalue weighted by molar-refractivity contribution is -0.141. The third-order valence-corrected chi connectivity index (χ3v) is 4.41. The monoisotopic (exact) mass is 362 g/mol. The minimum atomic E-state index is -0.904. The van der Waals surface area contributed by atoms with Crippen LogP contribution in [0.2, 0.25) is 0 Å². The lowest BCUT2D eigenvalue weighted by atomic mass is 9.88. The first-order valence-electron chi connectivity index (χ1n) is 8.81. The molecule has 0 saturated carbocycles. The molecule has 0 bridgehead atoms. The van der Waals surface area contributed by atoms with Gasteiger partial charge < -0.3 is 14.6 Å². The molecule has 0 aromatic heterocycles. The third-order valence-electron chi connectivity index (χ3n) is 4.41. The molecule has 1 atom stereocenters. The van der Waals surface area contributed by atoms with Crippen molar-refractivity contribution in [1.29, 1.82) is 0 Å². The summed E-state index contributed by atoms with van der Waals surface area (Å²) in [4.78, 5) is 35.3. The maximum atomic E-state index is 12.5. The molecule has 0 radical (unpaired) electrons. The summed E-state index contributed by atoms with van der Waals surface area (Å²) in [5.41, 5.74) is 2.22. The summed E-state index contributed by atoms with van der Waals surface area (Å²) in [6.45, 7) is 7.61. The van der Waals surface area contributed by atoms with E-state index < -0.39 is 17.5 Å². The van der Waals surface area contributed by atoms with Crippen molar-refractivity contribution in [2.75, 3.05) is 6.61 Å². The number of rotatable bonds is 6. The zero-order valence-electron chi connectivity index (χ0n) is 15.8. The maximum absolute atomic E-state index is 12.5. The van der Waals surface area contributed by atoms with Gasteiger partial charge in [-0.25, -0.2) is 4.79 Å². The molecular formula is C20H26O6. The fraction of sp³-hybridized carbons (Fsp3) is 0.550. The summed E-state index contributed by atoms with van der Waals surface area (Å²) in [6.07, 6.45) is 1.41. The number of carbonyl (C=O) groups excluding carboxylic acids is 2. The SMILES string of the molecule is Cc1c(C(=O)OC(C)(C)C)ccc(CC2CCOC2=O)c1CCC(=O)O. The fourth-order valence-corrected chi connectivity index (χ4v) is 3.13. The zero-order valence-corrected chi connectivity index (χ0v) is 15.8. The first-order valence-corrected chi connectivity index (χ1v) is 8.81. The average Bonchev–Trinajstić information content (AvgIpc) is 2.90. The Morgan fingerprint density at radius 2 is 2.00 bits per heavy atom. The van der Waals surface area contributed by atoms with Gasteiger partial charge in [0, 0.05) is 6.42 Å². The Balaban J connectivity index is 2.35. The van der Waals surface area contributed by atoms with Crippen molar-refractivity contribution >= 4 is 17.9 Å². The van der Waals surface area contributed by atoms with Crippen molar-refractivity contribution in [1.82, 2.24) is 0 Å². The van der Waals surface area contributed by atoms with Crippen molar-refractivity contribution in [3.8, 4) is 0 Å². The van der Waals surface area contributed by atoms with Gasteiger partial charge >= 0.3 is 17.9 Å². The standard InChI is InChI=1S/C20H26O6/c1-12-15(7-8-17(21)22)13(11-14-9-10-25-18(14)23)5-6-16(12)19(24)26-20(2,3)4/h5-6,14H,7-11H2,1-4H3,(H,21,22). The van der Waals surface area contributed by atoms with E-state index >= 15 is 0 Å². The number of hydrogen-bond donors (Lipinski definition) is 1. The Morgan fingerprint density at radius 3 is 2.54 bits per heavy atom. The van der Waals surface area contributed by atoms with Crippen LogP contribution in [0.25, 0.3) is 0 Å². The van der Waals surface area contributed by atoms with E-state index in [1.165, 1.54) is 0 Å². The molecule has 26 heavy (non-hydrogen) atoms. The molecule has 0 aliphatic carbocycles. The second-order valence-electron chi connectivity index (χ2n) is 7.63. The third kappa shape index (κ3) is 5.07.